The van der Waals surface area contributed by atoms with Crippen molar-refractivity contribution >= 4 is 5.97 Å². The average molecular weight is 144 g/mol. The molecule has 0 N–H and O–H groups in total. The number of epoxide rings is 1. The van der Waals surface area contributed by atoms with Crippen molar-refractivity contribution in [3.05, 3.63) is 0 Å². The van der Waals surface area contributed by atoms with Gasteiger partial charge in [-0.2, -0.15) is 0 Å². The Kier molecular flexibility index (Phi) is 1.94. The highest BCUT2D eigenvalue weighted by atomic mass is 16.6. The summed E-state index contributed by atoms with van der Waals surface area (Å²) in [6, 6.07) is 0. The molecule has 1 fully saturated rings. The highest BCUT2D eigenvalue weighted by Crippen LogP contribution is 2.31. The zero-order valence-corrected chi connectivity index (χ0v) is 6.35. The van der Waals surface area contributed by atoms with Gasteiger partial charge in [-0.1, -0.05) is 6.92 Å². The van der Waals surface area contributed by atoms with Crippen LogP contribution in [0.1, 0.15) is 20.3 Å². The molecule has 1 aliphatic heterocycles. The van der Waals surface area contributed by atoms with Gasteiger partial charge in [-0.05, 0) is 13.3 Å². The maximum atomic E-state index is 11.0. The molecule has 0 radical (unpaired) electrons. The first-order chi connectivity index (χ1) is 4.75. The standard InChI is InChI=1S/C7H12O3/c1-3-7(5-10-7)6(8)9-4-2/h3-5H2,1-2H3/t7-/m0/s1. The largest absolute Gasteiger partial charge is 0.464 e. The van der Waals surface area contributed by atoms with E-state index in [2.05, 4.69) is 0 Å². The minimum Gasteiger partial charge on any atom is -0.464 e. The molecular formula is C7H12O3. The van der Waals surface area contributed by atoms with Crippen LogP contribution < -0.4 is 0 Å². The number of ether oxygens (including phenoxy) is 2. The van der Waals surface area contributed by atoms with Crippen LogP contribution in [0, 0.1) is 0 Å². The first-order valence-electron chi connectivity index (χ1n) is 3.56. The third-order valence-corrected chi connectivity index (χ3v) is 1.71. The summed E-state index contributed by atoms with van der Waals surface area (Å²) in [5.74, 6) is -0.211. The lowest BCUT2D eigenvalue weighted by Gasteiger charge is -2.06. The summed E-state index contributed by atoms with van der Waals surface area (Å²) in [5.41, 5.74) is -0.560. The van der Waals surface area contributed by atoms with E-state index >= 15 is 0 Å². The van der Waals surface area contributed by atoms with Crippen LogP contribution in [0.4, 0.5) is 0 Å². The zero-order chi connectivity index (χ0) is 7.61. The Balaban J connectivity index is 2.40. The highest BCUT2D eigenvalue weighted by molar-refractivity contribution is 5.82. The van der Waals surface area contributed by atoms with Gasteiger partial charge in [0.2, 0.25) is 0 Å². The summed E-state index contributed by atoms with van der Waals surface area (Å²) in [6.07, 6.45) is 0.714. The molecule has 0 aromatic rings. The third-order valence-electron chi connectivity index (χ3n) is 1.71. The SMILES string of the molecule is CCOC(=O)[C@]1(CC)CO1. The van der Waals surface area contributed by atoms with Crippen LogP contribution in [0.15, 0.2) is 0 Å². The maximum Gasteiger partial charge on any atom is 0.340 e. The van der Waals surface area contributed by atoms with Gasteiger partial charge < -0.3 is 9.47 Å². The van der Waals surface area contributed by atoms with E-state index in [1.54, 1.807) is 6.92 Å². The minimum atomic E-state index is -0.560. The number of carbonyl (C=O) groups excluding carboxylic acids is 1. The fourth-order valence-corrected chi connectivity index (χ4v) is 0.816. The van der Waals surface area contributed by atoms with Crippen LogP contribution in [-0.4, -0.2) is 24.8 Å². The van der Waals surface area contributed by atoms with E-state index in [-0.39, 0.29) is 5.97 Å². The van der Waals surface area contributed by atoms with Crippen LogP contribution in [0.5, 0.6) is 0 Å². The van der Waals surface area contributed by atoms with Gasteiger partial charge >= 0.3 is 5.97 Å². The Bertz CT molecular complexity index is 138. The summed E-state index contributed by atoms with van der Waals surface area (Å²) < 4.78 is 9.78. The van der Waals surface area contributed by atoms with Crippen molar-refractivity contribution in [1.29, 1.82) is 0 Å². The van der Waals surface area contributed by atoms with Gasteiger partial charge in [0.25, 0.3) is 0 Å². The van der Waals surface area contributed by atoms with Crippen LogP contribution in [0.25, 0.3) is 0 Å². The van der Waals surface area contributed by atoms with E-state index in [1.807, 2.05) is 6.92 Å². The fraction of sp³-hybridized carbons (Fsp3) is 0.857. The second-order valence-electron chi connectivity index (χ2n) is 2.36. The van der Waals surface area contributed by atoms with Gasteiger partial charge in [0, 0.05) is 0 Å². The summed E-state index contributed by atoms with van der Waals surface area (Å²) in [5, 5.41) is 0. The molecule has 0 aromatic carbocycles. The molecule has 0 spiro atoms. The fourth-order valence-electron chi connectivity index (χ4n) is 0.816. The van der Waals surface area contributed by atoms with E-state index in [9.17, 15) is 4.79 Å². The van der Waals surface area contributed by atoms with E-state index in [0.29, 0.717) is 19.6 Å². The van der Waals surface area contributed by atoms with E-state index in [0.717, 1.165) is 0 Å². The van der Waals surface area contributed by atoms with Crippen molar-refractivity contribution in [2.24, 2.45) is 0 Å². The highest BCUT2D eigenvalue weighted by Gasteiger charge is 2.51. The topological polar surface area (TPSA) is 38.8 Å². The summed E-state index contributed by atoms with van der Waals surface area (Å²) in [7, 11) is 0. The van der Waals surface area contributed by atoms with Crippen molar-refractivity contribution in [2.75, 3.05) is 13.2 Å². The summed E-state index contributed by atoms with van der Waals surface area (Å²) >= 11 is 0. The van der Waals surface area contributed by atoms with Crippen molar-refractivity contribution in [3.63, 3.8) is 0 Å². The van der Waals surface area contributed by atoms with Crippen molar-refractivity contribution in [3.8, 4) is 0 Å². The van der Waals surface area contributed by atoms with Crippen molar-refractivity contribution in [2.45, 2.75) is 25.9 Å². The maximum absolute atomic E-state index is 11.0. The van der Waals surface area contributed by atoms with Crippen LogP contribution in [0.2, 0.25) is 0 Å². The summed E-state index contributed by atoms with van der Waals surface area (Å²) in [6.45, 7) is 4.68. The third kappa shape index (κ3) is 1.14. The lowest BCUT2D eigenvalue weighted by molar-refractivity contribution is -0.149. The molecule has 1 atom stereocenters. The predicted octanol–water partition coefficient (Wildman–Crippen LogP) is 0.728. The Morgan fingerprint density at radius 1 is 1.70 bits per heavy atom. The zero-order valence-electron chi connectivity index (χ0n) is 6.35. The van der Waals surface area contributed by atoms with Gasteiger partial charge in [0.05, 0.1) is 13.2 Å². The average Bonchev–Trinajstić information content (AvgIpc) is 2.68. The quantitative estimate of drug-likeness (QED) is 0.433. The Morgan fingerprint density at radius 2 is 2.30 bits per heavy atom. The van der Waals surface area contributed by atoms with Crippen LogP contribution in [0.3, 0.4) is 0 Å². The molecule has 0 bridgehead atoms. The smallest absolute Gasteiger partial charge is 0.340 e. The molecule has 1 saturated heterocycles. The predicted molar refractivity (Wildman–Crippen MR) is 35.6 cm³/mol. The van der Waals surface area contributed by atoms with Gasteiger partial charge in [0.1, 0.15) is 0 Å². The summed E-state index contributed by atoms with van der Waals surface area (Å²) in [4.78, 5) is 11.0. The number of carbonyl (C=O) groups is 1. The second-order valence-corrected chi connectivity index (χ2v) is 2.36. The Morgan fingerprint density at radius 3 is 2.60 bits per heavy atom. The Hall–Kier alpha value is -0.570. The van der Waals surface area contributed by atoms with E-state index in [1.165, 1.54) is 0 Å². The molecule has 1 rings (SSSR count). The van der Waals surface area contributed by atoms with E-state index < -0.39 is 5.60 Å². The van der Waals surface area contributed by atoms with Gasteiger partial charge in [-0.3, -0.25) is 0 Å². The second kappa shape index (κ2) is 2.58. The molecule has 0 unspecified atom stereocenters. The number of esters is 1. The van der Waals surface area contributed by atoms with Crippen molar-refractivity contribution in [1.82, 2.24) is 0 Å². The van der Waals surface area contributed by atoms with Gasteiger partial charge in [-0.25, -0.2) is 4.79 Å². The molecule has 3 heteroatoms. The lowest BCUT2D eigenvalue weighted by atomic mass is 10.1. The first-order valence-corrected chi connectivity index (χ1v) is 3.56. The number of hydrogen-bond donors (Lipinski definition) is 0. The van der Waals surface area contributed by atoms with Crippen LogP contribution in [-0.2, 0) is 14.3 Å². The van der Waals surface area contributed by atoms with Crippen LogP contribution >= 0.6 is 0 Å². The molecule has 0 aromatic heterocycles. The monoisotopic (exact) mass is 144 g/mol. The molecule has 58 valence electrons. The molecule has 3 nitrogen and oxygen atoms in total. The molecule has 10 heavy (non-hydrogen) atoms. The molecule has 0 amide bonds. The van der Waals surface area contributed by atoms with Gasteiger partial charge in [-0.15, -0.1) is 0 Å². The minimum absolute atomic E-state index is 0.211. The lowest BCUT2D eigenvalue weighted by Crippen LogP contribution is -2.25. The number of rotatable bonds is 3. The molecule has 1 aliphatic rings. The van der Waals surface area contributed by atoms with E-state index in [4.69, 9.17) is 9.47 Å². The normalized spacial score (nSPS) is 29.8. The molecular weight excluding hydrogens is 132 g/mol. The number of hydrogen-bond acceptors (Lipinski definition) is 3. The Labute approximate surface area is 60.3 Å². The molecule has 1 heterocycles. The van der Waals surface area contributed by atoms with Crippen molar-refractivity contribution < 1.29 is 14.3 Å². The molecule has 0 aliphatic carbocycles. The molecule has 0 saturated carbocycles. The first kappa shape index (κ1) is 7.54. The van der Waals surface area contributed by atoms with Gasteiger partial charge in [0.15, 0.2) is 5.60 Å².